The number of thiazole rings is 1. The zero-order valence-electron chi connectivity index (χ0n) is 15.2. The first-order chi connectivity index (χ1) is 13.3. The van der Waals surface area contributed by atoms with E-state index in [-0.39, 0.29) is 5.91 Å². The fraction of sp³-hybridized carbons (Fsp3) is 0.429. The van der Waals surface area contributed by atoms with E-state index >= 15 is 0 Å². The van der Waals surface area contributed by atoms with Crippen LogP contribution in [0.5, 0.6) is 5.75 Å². The van der Waals surface area contributed by atoms with Gasteiger partial charge in [-0.1, -0.05) is 18.6 Å². The van der Waals surface area contributed by atoms with Crippen molar-refractivity contribution in [2.24, 2.45) is 5.92 Å². The van der Waals surface area contributed by atoms with Crippen molar-refractivity contribution in [1.82, 2.24) is 14.3 Å². The van der Waals surface area contributed by atoms with Crippen LogP contribution in [0.2, 0.25) is 0 Å². The number of amides is 1. The van der Waals surface area contributed by atoms with Crippen molar-refractivity contribution in [3.8, 4) is 5.75 Å². The van der Waals surface area contributed by atoms with E-state index in [1.165, 1.54) is 19.3 Å². The predicted octanol–water partition coefficient (Wildman–Crippen LogP) is 4.38. The molecule has 0 aliphatic heterocycles. The Hall–Kier alpha value is -2.34. The molecule has 0 radical (unpaired) electrons. The van der Waals surface area contributed by atoms with Crippen molar-refractivity contribution < 1.29 is 9.53 Å². The summed E-state index contributed by atoms with van der Waals surface area (Å²) in [4.78, 5) is 20.3. The molecule has 0 spiro atoms. The first-order valence-corrected chi connectivity index (χ1v) is 10.6. The summed E-state index contributed by atoms with van der Waals surface area (Å²) in [6.07, 6.45) is 9.86. The minimum atomic E-state index is 0.0266. The highest BCUT2D eigenvalue weighted by molar-refractivity contribution is 7.15. The minimum Gasteiger partial charge on any atom is -0.493 e. The zero-order chi connectivity index (χ0) is 18.2. The predicted molar refractivity (Wildman–Crippen MR) is 105 cm³/mol. The SMILES string of the molecule is O=C(c1cn2ccsc2n1)N(Cc1ccc(OCC2CCC2)cc1)C1CC1. The summed E-state index contributed by atoms with van der Waals surface area (Å²) in [6.45, 7) is 1.45. The number of carbonyl (C=O) groups is 1. The molecule has 2 aliphatic carbocycles. The maximum Gasteiger partial charge on any atom is 0.274 e. The van der Waals surface area contributed by atoms with Crippen molar-refractivity contribution in [3.63, 3.8) is 0 Å². The van der Waals surface area contributed by atoms with Crippen LogP contribution in [0.3, 0.4) is 0 Å². The molecular weight excluding hydrogens is 358 g/mol. The molecule has 0 unspecified atom stereocenters. The zero-order valence-corrected chi connectivity index (χ0v) is 16.0. The minimum absolute atomic E-state index is 0.0266. The molecule has 3 aromatic rings. The maximum absolute atomic E-state index is 13.0. The fourth-order valence-electron chi connectivity index (χ4n) is 3.49. The lowest BCUT2D eigenvalue weighted by Crippen LogP contribution is -2.32. The Kier molecular flexibility index (Phi) is 4.36. The van der Waals surface area contributed by atoms with Gasteiger partial charge in [-0.3, -0.25) is 9.20 Å². The van der Waals surface area contributed by atoms with Gasteiger partial charge in [0.1, 0.15) is 11.4 Å². The van der Waals surface area contributed by atoms with Crippen molar-refractivity contribution in [2.45, 2.75) is 44.7 Å². The normalized spacial score (nSPS) is 17.0. The van der Waals surface area contributed by atoms with Crippen molar-refractivity contribution in [1.29, 1.82) is 0 Å². The van der Waals surface area contributed by atoms with E-state index in [2.05, 4.69) is 17.1 Å². The van der Waals surface area contributed by atoms with Gasteiger partial charge in [-0.2, -0.15) is 0 Å². The van der Waals surface area contributed by atoms with Crippen LogP contribution >= 0.6 is 11.3 Å². The number of rotatable bonds is 7. The Bertz CT molecular complexity index is 909. The average Bonchev–Trinajstić information content (AvgIpc) is 3.24. The van der Waals surface area contributed by atoms with Crippen LogP contribution in [-0.4, -0.2) is 32.8 Å². The van der Waals surface area contributed by atoms with Gasteiger partial charge in [0.05, 0.1) is 6.61 Å². The number of nitrogens with zero attached hydrogens (tertiary/aromatic N) is 3. The Morgan fingerprint density at radius 3 is 2.70 bits per heavy atom. The number of benzene rings is 1. The highest BCUT2D eigenvalue weighted by Crippen LogP contribution is 2.31. The largest absolute Gasteiger partial charge is 0.493 e. The molecule has 2 fully saturated rings. The van der Waals surface area contributed by atoms with Crippen LogP contribution < -0.4 is 4.74 Å². The molecule has 0 bridgehead atoms. The molecule has 2 aromatic heterocycles. The molecule has 0 N–H and O–H groups in total. The van der Waals surface area contributed by atoms with Gasteiger partial charge >= 0.3 is 0 Å². The van der Waals surface area contributed by atoms with E-state index in [0.717, 1.165) is 41.6 Å². The molecule has 140 valence electrons. The van der Waals surface area contributed by atoms with Crippen LogP contribution in [0.15, 0.2) is 42.0 Å². The second-order valence-corrected chi connectivity index (χ2v) is 8.51. The lowest BCUT2D eigenvalue weighted by Gasteiger charge is -2.25. The molecule has 5 nitrogen and oxygen atoms in total. The number of hydrogen-bond donors (Lipinski definition) is 0. The third-order valence-electron chi connectivity index (χ3n) is 5.55. The van der Waals surface area contributed by atoms with Gasteiger partial charge in [0.25, 0.3) is 5.91 Å². The molecule has 1 aromatic carbocycles. The second-order valence-electron chi connectivity index (χ2n) is 7.64. The number of ether oxygens (including phenoxy) is 1. The van der Waals surface area contributed by atoms with E-state index in [1.54, 1.807) is 11.3 Å². The first kappa shape index (κ1) is 16.8. The van der Waals surface area contributed by atoms with Crippen molar-refractivity contribution >= 4 is 22.2 Å². The highest BCUT2D eigenvalue weighted by atomic mass is 32.1. The van der Waals surface area contributed by atoms with Crippen LogP contribution in [0, 0.1) is 5.92 Å². The summed E-state index contributed by atoms with van der Waals surface area (Å²) in [5.74, 6) is 1.68. The molecule has 6 heteroatoms. The Morgan fingerprint density at radius 2 is 2.04 bits per heavy atom. The Morgan fingerprint density at radius 1 is 1.22 bits per heavy atom. The first-order valence-electron chi connectivity index (χ1n) is 9.71. The van der Waals surface area contributed by atoms with E-state index in [1.807, 2.05) is 39.2 Å². The molecule has 0 atom stereocenters. The molecule has 2 saturated carbocycles. The maximum atomic E-state index is 13.0. The molecule has 2 heterocycles. The lowest BCUT2D eigenvalue weighted by atomic mass is 9.86. The topological polar surface area (TPSA) is 46.8 Å². The fourth-order valence-corrected chi connectivity index (χ4v) is 4.19. The smallest absolute Gasteiger partial charge is 0.274 e. The van der Waals surface area contributed by atoms with Crippen LogP contribution in [0.4, 0.5) is 0 Å². The quantitative estimate of drug-likeness (QED) is 0.610. The average molecular weight is 382 g/mol. The van der Waals surface area contributed by atoms with Gasteiger partial charge in [0.2, 0.25) is 0 Å². The third kappa shape index (κ3) is 3.58. The molecule has 27 heavy (non-hydrogen) atoms. The van der Waals surface area contributed by atoms with Crippen molar-refractivity contribution in [3.05, 3.63) is 53.3 Å². The van der Waals surface area contributed by atoms with Crippen LogP contribution in [-0.2, 0) is 6.54 Å². The number of aromatic nitrogens is 2. The summed E-state index contributed by atoms with van der Waals surface area (Å²) < 4.78 is 7.79. The van der Waals surface area contributed by atoms with E-state index in [4.69, 9.17) is 4.74 Å². The Balaban J connectivity index is 1.26. The van der Waals surface area contributed by atoms with Crippen LogP contribution in [0.25, 0.3) is 4.96 Å². The van der Waals surface area contributed by atoms with Gasteiger partial charge in [0.15, 0.2) is 4.96 Å². The van der Waals surface area contributed by atoms with Crippen molar-refractivity contribution in [2.75, 3.05) is 6.61 Å². The number of carbonyl (C=O) groups excluding carboxylic acids is 1. The summed E-state index contributed by atoms with van der Waals surface area (Å²) in [6, 6.07) is 8.54. The molecule has 0 saturated heterocycles. The molecule has 5 rings (SSSR count). The summed E-state index contributed by atoms with van der Waals surface area (Å²) in [7, 11) is 0. The van der Waals surface area contributed by atoms with Gasteiger partial charge in [0, 0.05) is 30.4 Å². The van der Waals surface area contributed by atoms with Gasteiger partial charge < -0.3 is 9.64 Å². The number of fused-ring (bicyclic) bond motifs is 1. The standard InChI is InChI=1S/C21H23N3O2S/c25-20(19-13-23-10-11-27-21(23)22-19)24(17-6-7-17)12-15-4-8-18(9-5-15)26-14-16-2-1-3-16/h4-5,8-11,13,16-17H,1-3,6-7,12,14H2. The lowest BCUT2D eigenvalue weighted by molar-refractivity contribution is 0.0724. The molecule has 2 aliphatic rings. The van der Waals surface area contributed by atoms with Gasteiger partial charge in [-0.25, -0.2) is 4.98 Å². The van der Waals surface area contributed by atoms with Crippen LogP contribution in [0.1, 0.15) is 48.2 Å². The highest BCUT2D eigenvalue weighted by Gasteiger charge is 2.34. The van der Waals surface area contributed by atoms with E-state index in [0.29, 0.717) is 18.3 Å². The number of hydrogen-bond acceptors (Lipinski definition) is 4. The summed E-state index contributed by atoms with van der Waals surface area (Å²) in [5.41, 5.74) is 1.67. The van der Waals surface area contributed by atoms with Gasteiger partial charge in [-0.15, -0.1) is 11.3 Å². The second kappa shape index (κ2) is 7.00. The molecule has 1 amide bonds. The molecular formula is C21H23N3O2S. The van der Waals surface area contributed by atoms with E-state index < -0.39 is 0 Å². The summed E-state index contributed by atoms with van der Waals surface area (Å²) in [5, 5.41) is 1.98. The number of imidazole rings is 1. The monoisotopic (exact) mass is 381 g/mol. The van der Waals surface area contributed by atoms with Gasteiger partial charge in [-0.05, 0) is 49.3 Å². The van der Waals surface area contributed by atoms with E-state index in [9.17, 15) is 4.79 Å². The Labute approximate surface area is 162 Å². The summed E-state index contributed by atoms with van der Waals surface area (Å²) >= 11 is 1.55. The third-order valence-corrected chi connectivity index (χ3v) is 6.32.